The fraction of sp³-hybridized carbons (Fsp3) is 0.407. The van der Waals surface area contributed by atoms with Gasteiger partial charge >= 0.3 is 6.09 Å². The lowest BCUT2D eigenvalue weighted by atomic mass is 9.80. The Labute approximate surface area is 199 Å². The van der Waals surface area contributed by atoms with Gasteiger partial charge in [0.25, 0.3) is 5.91 Å². The van der Waals surface area contributed by atoms with Gasteiger partial charge < -0.3 is 24.7 Å². The number of carbonyl (C=O) groups excluding carboxylic acids is 2. The van der Waals surface area contributed by atoms with E-state index in [0.29, 0.717) is 37.9 Å². The van der Waals surface area contributed by atoms with E-state index in [1.165, 1.54) is 0 Å². The van der Waals surface area contributed by atoms with Crippen LogP contribution >= 0.6 is 0 Å². The highest BCUT2D eigenvalue weighted by atomic mass is 16.6. The summed E-state index contributed by atoms with van der Waals surface area (Å²) < 4.78 is 12.1. The number of likely N-dealkylation sites (tertiary alicyclic amines) is 1. The van der Waals surface area contributed by atoms with Gasteiger partial charge in [0.15, 0.2) is 0 Å². The van der Waals surface area contributed by atoms with Crippen LogP contribution < -0.4 is 10.1 Å². The van der Waals surface area contributed by atoms with Crippen LogP contribution in [0.1, 0.15) is 62.0 Å². The van der Waals surface area contributed by atoms with Crippen LogP contribution in [0.2, 0.25) is 0 Å². The van der Waals surface area contributed by atoms with Crippen molar-refractivity contribution >= 4 is 22.9 Å². The molecule has 2 N–H and O–H groups in total. The molecule has 1 atom stereocenters. The molecular weight excluding hydrogens is 430 g/mol. The van der Waals surface area contributed by atoms with Gasteiger partial charge in [-0.15, -0.1) is 0 Å². The quantitative estimate of drug-likeness (QED) is 0.550. The molecule has 178 valence electrons. The van der Waals surface area contributed by atoms with E-state index < -0.39 is 11.2 Å². The number of aromatic nitrogens is 1. The highest BCUT2D eigenvalue weighted by molar-refractivity contribution is 6.05. The molecule has 3 aromatic rings. The fourth-order valence-corrected chi connectivity index (χ4v) is 4.99. The summed E-state index contributed by atoms with van der Waals surface area (Å²) in [6.07, 6.45) is 3.57. The first-order valence-corrected chi connectivity index (χ1v) is 11.9. The zero-order valence-corrected chi connectivity index (χ0v) is 19.9. The van der Waals surface area contributed by atoms with Crippen LogP contribution in [-0.2, 0) is 4.74 Å². The molecule has 0 aliphatic carbocycles. The van der Waals surface area contributed by atoms with Crippen molar-refractivity contribution in [2.75, 3.05) is 13.1 Å². The summed E-state index contributed by atoms with van der Waals surface area (Å²) in [6.45, 7) is 6.73. The van der Waals surface area contributed by atoms with Crippen LogP contribution in [0, 0.1) is 0 Å². The number of fused-ring (bicyclic) bond motifs is 2. The minimum absolute atomic E-state index is 0.115. The number of aromatic amines is 1. The fourth-order valence-electron chi connectivity index (χ4n) is 4.99. The van der Waals surface area contributed by atoms with Crippen LogP contribution in [0.25, 0.3) is 10.9 Å². The molecule has 2 aromatic carbocycles. The summed E-state index contributed by atoms with van der Waals surface area (Å²) in [6, 6.07) is 15.4. The number of hydrogen-bond donors (Lipinski definition) is 2. The lowest BCUT2D eigenvalue weighted by Gasteiger charge is -2.47. The Morgan fingerprint density at radius 2 is 1.85 bits per heavy atom. The van der Waals surface area contributed by atoms with Gasteiger partial charge in [-0.05, 0) is 39.0 Å². The molecule has 1 fully saturated rings. The number of amides is 2. The monoisotopic (exact) mass is 461 g/mol. The highest BCUT2D eigenvalue weighted by Crippen LogP contribution is 2.44. The van der Waals surface area contributed by atoms with Crippen molar-refractivity contribution < 1.29 is 19.1 Å². The van der Waals surface area contributed by atoms with Gasteiger partial charge in [0.2, 0.25) is 0 Å². The molecular formula is C27H31N3O4. The molecule has 1 unspecified atom stereocenters. The van der Waals surface area contributed by atoms with Gasteiger partial charge in [0.1, 0.15) is 17.0 Å². The third-order valence-corrected chi connectivity index (χ3v) is 6.66. The molecule has 2 aliphatic rings. The lowest BCUT2D eigenvalue weighted by molar-refractivity contribution is -0.0339. The first-order chi connectivity index (χ1) is 16.2. The van der Waals surface area contributed by atoms with E-state index in [0.717, 1.165) is 22.2 Å². The number of benzene rings is 2. The Morgan fingerprint density at radius 1 is 1.09 bits per heavy atom. The number of piperidine rings is 1. The topological polar surface area (TPSA) is 83.7 Å². The van der Waals surface area contributed by atoms with Crippen molar-refractivity contribution in [3.8, 4) is 5.75 Å². The van der Waals surface area contributed by atoms with E-state index in [1.54, 1.807) is 4.90 Å². The first-order valence-electron chi connectivity index (χ1n) is 11.9. The predicted molar refractivity (Wildman–Crippen MR) is 130 cm³/mol. The number of carbonyl (C=O) groups is 2. The van der Waals surface area contributed by atoms with Crippen molar-refractivity contribution in [1.82, 2.24) is 15.2 Å². The van der Waals surface area contributed by atoms with Gasteiger partial charge in [-0.25, -0.2) is 4.79 Å². The van der Waals surface area contributed by atoms with Crippen LogP contribution in [0.4, 0.5) is 4.79 Å². The largest absolute Gasteiger partial charge is 0.487 e. The van der Waals surface area contributed by atoms with E-state index >= 15 is 0 Å². The van der Waals surface area contributed by atoms with Gasteiger partial charge in [0, 0.05) is 49.5 Å². The average molecular weight is 462 g/mol. The number of nitrogens with one attached hydrogen (secondary N) is 2. The summed E-state index contributed by atoms with van der Waals surface area (Å²) in [5.41, 5.74) is 1.48. The Bertz CT molecular complexity index is 1220. The molecule has 0 radical (unpaired) electrons. The third kappa shape index (κ3) is 4.34. The minimum Gasteiger partial charge on any atom is -0.487 e. The van der Waals surface area contributed by atoms with E-state index in [2.05, 4.69) is 10.3 Å². The van der Waals surface area contributed by atoms with Gasteiger partial charge in [0.05, 0.1) is 17.1 Å². The lowest BCUT2D eigenvalue weighted by Crippen LogP contribution is -2.53. The number of H-pyrrole nitrogens is 1. The smallest absolute Gasteiger partial charge is 0.410 e. The summed E-state index contributed by atoms with van der Waals surface area (Å²) in [5, 5.41) is 4.27. The second-order valence-corrected chi connectivity index (χ2v) is 10.3. The number of rotatable bonds is 2. The Balaban J connectivity index is 1.35. The first kappa shape index (κ1) is 22.3. The molecule has 3 heterocycles. The maximum atomic E-state index is 13.3. The van der Waals surface area contributed by atoms with Crippen molar-refractivity contribution in [3.63, 3.8) is 0 Å². The van der Waals surface area contributed by atoms with Crippen molar-refractivity contribution in [2.45, 2.75) is 57.3 Å². The average Bonchev–Trinajstić information content (AvgIpc) is 3.27. The van der Waals surface area contributed by atoms with E-state index in [-0.39, 0.29) is 18.0 Å². The highest BCUT2D eigenvalue weighted by Gasteiger charge is 2.45. The van der Waals surface area contributed by atoms with E-state index in [4.69, 9.17) is 9.47 Å². The molecule has 7 nitrogen and oxygen atoms in total. The zero-order valence-electron chi connectivity index (χ0n) is 19.9. The summed E-state index contributed by atoms with van der Waals surface area (Å²) in [4.78, 5) is 30.8. The number of ether oxygens (including phenoxy) is 2. The molecule has 1 spiro atoms. The maximum Gasteiger partial charge on any atom is 0.410 e. The molecule has 5 rings (SSSR count). The normalized spacial score (nSPS) is 19.4. The molecule has 2 aliphatic heterocycles. The van der Waals surface area contributed by atoms with E-state index in [9.17, 15) is 9.59 Å². The number of hydrogen-bond acceptors (Lipinski definition) is 4. The molecule has 7 heteroatoms. The summed E-state index contributed by atoms with van der Waals surface area (Å²) in [5.74, 6) is 0.680. The minimum atomic E-state index is -0.524. The van der Waals surface area contributed by atoms with Crippen LogP contribution in [0.15, 0.2) is 54.7 Å². The molecule has 1 saturated heterocycles. The maximum absolute atomic E-state index is 13.3. The molecule has 0 saturated carbocycles. The standard InChI is InChI=1S/C27H31N3O4/c1-26(2,3)34-25(32)30-15-12-27(13-16-30)17-21(19-8-4-5-10-22(19)33-27)29-24(31)20-9-6-7-18-11-14-28-23(18)20/h4-11,14,21,28H,12-13,15-17H2,1-3H3,(H,29,31). The molecule has 2 amide bonds. The van der Waals surface area contributed by atoms with Gasteiger partial charge in [-0.3, -0.25) is 4.79 Å². The van der Waals surface area contributed by atoms with Crippen LogP contribution in [0.3, 0.4) is 0 Å². The zero-order chi connectivity index (χ0) is 23.9. The molecule has 0 bridgehead atoms. The van der Waals surface area contributed by atoms with Crippen molar-refractivity contribution in [1.29, 1.82) is 0 Å². The third-order valence-electron chi connectivity index (χ3n) is 6.66. The molecule has 34 heavy (non-hydrogen) atoms. The Kier molecular flexibility index (Phi) is 5.50. The van der Waals surface area contributed by atoms with Gasteiger partial charge in [-0.2, -0.15) is 0 Å². The predicted octanol–water partition coefficient (Wildman–Crippen LogP) is 5.19. The molecule has 1 aromatic heterocycles. The Hall–Kier alpha value is -3.48. The van der Waals surface area contributed by atoms with Gasteiger partial charge in [-0.1, -0.05) is 30.3 Å². The van der Waals surface area contributed by atoms with E-state index in [1.807, 2.05) is 75.5 Å². The SMILES string of the molecule is CC(C)(C)OC(=O)N1CCC2(CC1)CC(NC(=O)c1cccc3cc[nH]c13)c1ccccc1O2. The van der Waals surface area contributed by atoms with Crippen molar-refractivity contribution in [2.24, 2.45) is 0 Å². The number of nitrogens with zero attached hydrogens (tertiary/aromatic N) is 1. The second kappa shape index (κ2) is 8.38. The second-order valence-electron chi connectivity index (χ2n) is 10.3. The Morgan fingerprint density at radius 3 is 2.62 bits per heavy atom. The summed E-state index contributed by atoms with van der Waals surface area (Å²) in [7, 11) is 0. The number of para-hydroxylation sites is 2. The van der Waals surface area contributed by atoms with Crippen LogP contribution in [-0.4, -0.2) is 46.2 Å². The summed E-state index contributed by atoms with van der Waals surface area (Å²) >= 11 is 0. The van der Waals surface area contributed by atoms with Crippen LogP contribution in [0.5, 0.6) is 5.75 Å². The van der Waals surface area contributed by atoms with Crippen molar-refractivity contribution in [3.05, 3.63) is 65.9 Å².